The van der Waals surface area contributed by atoms with Gasteiger partial charge in [0.25, 0.3) is 0 Å². The molecule has 3 nitrogen and oxygen atoms in total. The molecule has 0 spiro atoms. The zero-order valence-electron chi connectivity index (χ0n) is 12.4. The van der Waals surface area contributed by atoms with E-state index in [9.17, 15) is 4.79 Å². The standard InChI is InChI=1S/C17H16ClIO3/c1-11-6-7-16(14(18)8-11)22-10-13-12(9-17(20)21-2)4-3-5-15(13)19/h3-8H,9-10H2,1-2H3. The average Bonchev–Trinajstić information content (AvgIpc) is 2.48. The number of aryl methyl sites for hydroxylation is 1. The predicted octanol–water partition coefficient (Wildman–Crippen LogP) is 4.55. The van der Waals surface area contributed by atoms with Gasteiger partial charge in [-0.1, -0.05) is 29.8 Å². The zero-order valence-corrected chi connectivity index (χ0v) is 15.3. The van der Waals surface area contributed by atoms with Crippen molar-refractivity contribution in [3.05, 3.63) is 61.7 Å². The Morgan fingerprint density at radius 1 is 1.27 bits per heavy atom. The van der Waals surface area contributed by atoms with Crippen molar-refractivity contribution < 1.29 is 14.3 Å². The molecule has 0 aliphatic carbocycles. The van der Waals surface area contributed by atoms with E-state index in [-0.39, 0.29) is 12.4 Å². The summed E-state index contributed by atoms with van der Waals surface area (Å²) in [7, 11) is 1.39. The van der Waals surface area contributed by atoms with Crippen LogP contribution in [0.25, 0.3) is 0 Å². The molecule has 0 N–H and O–H groups in total. The molecule has 2 aromatic rings. The van der Waals surface area contributed by atoms with E-state index in [1.165, 1.54) is 7.11 Å². The van der Waals surface area contributed by atoms with Crippen molar-refractivity contribution in [2.24, 2.45) is 0 Å². The van der Waals surface area contributed by atoms with E-state index in [0.717, 1.165) is 20.3 Å². The number of methoxy groups -OCH3 is 1. The van der Waals surface area contributed by atoms with Gasteiger partial charge in [0.15, 0.2) is 0 Å². The average molecular weight is 431 g/mol. The van der Waals surface area contributed by atoms with E-state index in [1.54, 1.807) is 0 Å². The maximum absolute atomic E-state index is 11.5. The summed E-state index contributed by atoms with van der Waals surface area (Å²) in [6.07, 6.45) is 0.230. The normalized spacial score (nSPS) is 10.4. The number of carbonyl (C=O) groups is 1. The molecule has 2 aromatic carbocycles. The zero-order chi connectivity index (χ0) is 16.1. The van der Waals surface area contributed by atoms with Crippen molar-refractivity contribution in [1.82, 2.24) is 0 Å². The van der Waals surface area contributed by atoms with Crippen molar-refractivity contribution in [3.63, 3.8) is 0 Å². The van der Waals surface area contributed by atoms with Crippen LogP contribution in [0.2, 0.25) is 5.02 Å². The molecule has 116 valence electrons. The Balaban J connectivity index is 2.19. The summed E-state index contributed by atoms with van der Waals surface area (Å²) in [5.74, 6) is 0.368. The van der Waals surface area contributed by atoms with Crippen molar-refractivity contribution in [3.8, 4) is 5.75 Å². The molecule has 0 aliphatic rings. The van der Waals surface area contributed by atoms with Crippen LogP contribution in [0.3, 0.4) is 0 Å². The van der Waals surface area contributed by atoms with Gasteiger partial charge in [-0.2, -0.15) is 0 Å². The molecule has 5 heteroatoms. The van der Waals surface area contributed by atoms with Crippen molar-refractivity contribution in [2.45, 2.75) is 20.0 Å². The number of hydrogen-bond acceptors (Lipinski definition) is 3. The molecule has 0 unspecified atom stereocenters. The van der Waals surface area contributed by atoms with Crippen molar-refractivity contribution in [1.29, 1.82) is 0 Å². The topological polar surface area (TPSA) is 35.5 Å². The molecule has 0 bridgehead atoms. The summed E-state index contributed by atoms with van der Waals surface area (Å²) >= 11 is 8.42. The number of halogens is 2. The fourth-order valence-corrected chi connectivity index (χ4v) is 3.03. The first-order chi connectivity index (χ1) is 10.5. The van der Waals surface area contributed by atoms with Crippen LogP contribution in [-0.2, 0) is 22.6 Å². The molecule has 0 radical (unpaired) electrons. The summed E-state index contributed by atoms with van der Waals surface area (Å²) in [5.41, 5.74) is 2.96. The predicted molar refractivity (Wildman–Crippen MR) is 95.4 cm³/mol. The van der Waals surface area contributed by atoms with E-state index < -0.39 is 0 Å². The Labute approximate surface area is 148 Å². The monoisotopic (exact) mass is 430 g/mol. The van der Waals surface area contributed by atoms with E-state index in [2.05, 4.69) is 22.6 Å². The van der Waals surface area contributed by atoms with E-state index in [1.807, 2.05) is 43.3 Å². The Morgan fingerprint density at radius 3 is 2.73 bits per heavy atom. The van der Waals surface area contributed by atoms with Gasteiger partial charge < -0.3 is 9.47 Å². The van der Waals surface area contributed by atoms with Gasteiger partial charge in [0.1, 0.15) is 12.4 Å². The van der Waals surface area contributed by atoms with Gasteiger partial charge in [-0.05, 0) is 58.8 Å². The highest BCUT2D eigenvalue weighted by molar-refractivity contribution is 14.1. The summed E-state index contributed by atoms with van der Waals surface area (Å²) < 4.78 is 11.6. The highest BCUT2D eigenvalue weighted by atomic mass is 127. The first-order valence-corrected chi connectivity index (χ1v) is 8.19. The second-order valence-corrected chi connectivity index (χ2v) is 6.42. The molecule has 0 aliphatic heterocycles. The molecular formula is C17H16ClIO3. The second-order valence-electron chi connectivity index (χ2n) is 4.85. The summed E-state index contributed by atoms with van der Waals surface area (Å²) in [4.78, 5) is 11.5. The molecule has 0 atom stereocenters. The highest BCUT2D eigenvalue weighted by Gasteiger charge is 2.12. The maximum atomic E-state index is 11.5. The first-order valence-electron chi connectivity index (χ1n) is 6.73. The van der Waals surface area contributed by atoms with Crippen LogP contribution in [0, 0.1) is 10.5 Å². The third-order valence-electron chi connectivity index (χ3n) is 3.24. The van der Waals surface area contributed by atoms with Crippen LogP contribution in [0.5, 0.6) is 5.75 Å². The Bertz CT molecular complexity index is 686. The summed E-state index contributed by atoms with van der Waals surface area (Å²) in [5, 5.41) is 0.584. The van der Waals surface area contributed by atoms with Crippen LogP contribution in [0.4, 0.5) is 0 Å². The second kappa shape index (κ2) is 7.83. The number of ether oxygens (including phenoxy) is 2. The fraction of sp³-hybridized carbons (Fsp3) is 0.235. The Hall–Kier alpha value is -1.27. The van der Waals surface area contributed by atoms with Gasteiger partial charge in [0.05, 0.1) is 18.6 Å². The Kier molecular flexibility index (Phi) is 6.08. The minimum absolute atomic E-state index is 0.230. The molecule has 0 amide bonds. The van der Waals surface area contributed by atoms with E-state index in [0.29, 0.717) is 17.4 Å². The number of esters is 1. The lowest BCUT2D eigenvalue weighted by Gasteiger charge is -2.13. The van der Waals surface area contributed by atoms with Gasteiger partial charge in [-0.25, -0.2) is 0 Å². The quantitative estimate of drug-likeness (QED) is 0.516. The Morgan fingerprint density at radius 2 is 2.05 bits per heavy atom. The molecule has 0 fully saturated rings. The first kappa shape index (κ1) is 17.1. The van der Waals surface area contributed by atoms with Crippen molar-refractivity contribution >= 4 is 40.2 Å². The summed E-state index contributed by atoms with van der Waals surface area (Å²) in [6.45, 7) is 2.33. The molecule has 0 saturated heterocycles. The molecule has 0 saturated carbocycles. The van der Waals surface area contributed by atoms with Crippen LogP contribution in [0.1, 0.15) is 16.7 Å². The van der Waals surface area contributed by atoms with Gasteiger partial charge in [0.2, 0.25) is 0 Å². The lowest BCUT2D eigenvalue weighted by molar-refractivity contribution is -0.139. The van der Waals surface area contributed by atoms with Gasteiger partial charge in [-0.3, -0.25) is 4.79 Å². The summed E-state index contributed by atoms with van der Waals surface area (Å²) in [6, 6.07) is 11.5. The minimum Gasteiger partial charge on any atom is -0.487 e. The largest absolute Gasteiger partial charge is 0.487 e. The van der Waals surface area contributed by atoms with Gasteiger partial charge in [-0.15, -0.1) is 0 Å². The maximum Gasteiger partial charge on any atom is 0.309 e. The van der Waals surface area contributed by atoms with E-state index >= 15 is 0 Å². The smallest absolute Gasteiger partial charge is 0.309 e. The van der Waals surface area contributed by atoms with Crippen LogP contribution < -0.4 is 4.74 Å². The lowest BCUT2D eigenvalue weighted by Crippen LogP contribution is -2.09. The molecule has 2 rings (SSSR count). The molecule has 0 heterocycles. The fourth-order valence-electron chi connectivity index (χ4n) is 2.03. The van der Waals surface area contributed by atoms with Gasteiger partial charge in [0, 0.05) is 9.13 Å². The van der Waals surface area contributed by atoms with Gasteiger partial charge >= 0.3 is 5.97 Å². The molecular weight excluding hydrogens is 415 g/mol. The number of benzene rings is 2. The lowest BCUT2D eigenvalue weighted by atomic mass is 10.1. The van der Waals surface area contributed by atoms with Crippen LogP contribution in [-0.4, -0.2) is 13.1 Å². The van der Waals surface area contributed by atoms with Crippen molar-refractivity contribution in [2.75, 3.05) is 7.11 Å². The number of rotatable bonds is 5. The third-order valence-corrected chi connectivity index (χ3v) is 4.54. The minimum atomic E-state index is -0.267. The van der Waals surface area contributed by atoms with E-state index in [4.69, 9.17) is 21.1 Å². The highest BCUT2D eigenvalue weighted by Crippen LogP contribution is 2.27. The molecule has 22 heavy (non-hydrogen) atoms. The third kappa shape index (κ3) is 4.36. The number of carbonyl (C=O) groups excluding carboxylic acids is 1. The van der Waals surface area contributed by atoms with Crippen LogP contribution in [0.15, 0.2) is 36.4 Å². The van der Waals surface area contributed by atoms with Crippen LogP contribution >= 0.6 is 34.2 Å². The number of hydrogen-bond donors (Lipinski definition) is 0. The molecule has 0 aromatic heterocycles. The SMILES string of the molecule is COC(=O)Cc1cccc(I)c1COc1ccc(C)cc1Cl.